The molecule has 6 nitrogen and oxygen atoms in total. The van der Waals surface area contributed by atoms with Crippen molar-refractivity contribution in [3.63, 3.8) is 0 Å². The first-order valence-corrected chi connectivity index (χ1v) is 8.63. The summed E-state index contributed by atoms with van der Waals surface area (Å²) < 4.78 is 5.27. The van der Waals surface area contributed by atoms with Gasteiger partial charge < -0.3 is 15.2 Å². The zero-order valence-electron chi connectivity index (χ0n) is 13.9. The second-order valence-electron chi connectivity index (χ2n) is 5.49. The molecule has 0 atom stereocenters. The van der Waals surface area contributed by atoms with Gasteiger partial charge in [-0.15, -0.1) is 0 Å². The van der Waals surface area contributed by atoms with Gasteiger partial charge in [-0.05, 0) is 42.5 Å². The first-order chi connectivity index (χ1) is 12.5. The number of amides is 1. The molecule has 0 saturated carbocycles. The molecule has 1 aliphatic rings. The molecular weight excluding hydrogens is 352 g/mol. The van der Waals surface area contributed by atoms with E-state index in [0.29, 0.717) is 21.4 Å². The van der Waals surface area contributed by atoms with Crippen LogP contribution in [0.15, 0.2) is 58.4 Å². The number of carbonyl (C=O) groups excluding carboxylic acids is 1. The molecule has 2 aromatic rings. The lowest BCUT2D eigenvalue weighted by Crippen LogP contribution is -2.19. The number of carbonyl (C=O) groups is 2. The Bertz CT molecular complexity index is 921. The molecule has 0 spiro atoms. The van der Waals surface area contributed by atoms with Crippen molar-refractivity contribution in [1.29, 1.82) is 0 Å². The van der Waals surface area contributed by atoms with Crippen LogP contribution >= 0.6 is 11.8 Å². The van der Waals surface area contributed by atoms with Crippen molar-refractivity contribution in [2.45, 2.75) is 6.92 Å². The number of rotatable bonds is 5. The van der Waals surface area contributed by atoms with E-state index < -0.39 is 12.6 Å². The molecule has 2 N–H and O–H groups in total. The molecule has 26 heavy (non-hydrogen) atoms. The van der Waals surface area contributed by atoms with Gasteiger partial charge in [0.15, 0.2) is 11.8 Å². The maximum atomic E-state index is 12.2. The van der Waals surface area contributed by atoms with Gasteiger partial charge in [0.05, 0.1) is 10.6 Å². The minimum absolute atomic E-state index is 0.254. The number of hydrogen-bond acceptors (Lipinski definition) is 5. The van der Waals surface area contributed by atoms with Crippen LogP contribution in [0.5, 0.6) is 5.75 Å². The summed E-state index contributed by atoms with van der Waals surface area (Å²) in [5, 5.41) is 12.0. The van der Waals surface area contributed by atoms with Crippen LogP contribution in [-0.2, 0) is 9.59 Å². The molecule has 0 unspecified atom stereocenters. The molecular formula is C19H16N2O4S. The summed E-state index contributed by atoms with van der Waals surface area (Å²) in [6.07, 6.45) is 1.66. The van der Waals surface area contributed by atoms with E-state index in [0.717, 1.165) is 11.3 Å². The zero-order valence-corrected chi connectivity index (χ0v) is 14.7. The van der Waals surface area contributed by atoms with Gasteiger partial charge in [-0.1, -0.05) is 36.4 Å². The van der Waals surface area contributed by atoms with Crippen LogP contribution in [0.4, 0.5) is 5.69 Å². The molecule has 1 heterocycles. The summed E-state index contributed by atoms with van der Waals surface area (Å²) in [5.41, 5.74) is 2.44. The van der Waals surface area contributed by atoms with Gasteiger partial charge in [0.25, 0.3) is 5.91 Å². The maximum Gasteiger partial charge on any atom is 0.341 e. The summed E-state index contributed by atoms with van der Waals surface area (Å²) in [5.74, 6) is -0.913. The van der Waals surface area contributed by atoms with Crippen LogP contribution in [0.25, 0.3) is 6.08 Å². The average Bonchev–Trinajstić information content (AvgIpc) is 2.95. The Morgan fingerprint density at radius 3 is 2.73 bits per heavy atom. The zero-order chi connectivity index (χ0) is 18.5. The normalized spacial score (nSPS) is 16.7. The molecule has 2 aromatic carbocycles. The van der Waals surface area contributed by atoms with E-state index in [-0.39, 0.29) is 5.91 Å². The number of aliphatic imine (C=N–C) groups is 1. The van der Waals surface area contributed by atoms with Gasteiger partial charge in [0.2, 0.25) is 0 Å². The predicted molar refractivity (Wildman–Crippen MR) is 102 cm³/mol. The van der Waals surface area contributed by atoms with Gasteiger partial charge in [0.1, 0.15) is 5.75 Å². The first-order valence-electron chi connectivity index (χ1n) is 7.82. The Balaban J connectivity index is 1.83. The fraction of sp³-hybridized carbons (Fsp3) is 0.105. The number of aliphatic carboxylic acids is 1. The van der Waals surface area contributed by atoms with E-state index in [9.17, 15) is 9.59 Å². The van der Waals surface area contributed by atoms with Crippen molar-refractivity contribution in [2.24, 2.45) is 4.99 Å². The Morgan fingerprint density at radius 1 is 1.23 bits per heavy atom. The number of amidine groups is 1. The number of hydrogen-bond donors (Lipinski definition) is 2. The second kappa shape index (κ2) is 7.88. The van der Waals surface area contributed by atoms with Crippen LogP contribution in [0.1, 0.15) is 11.1 Å². The molecule has 1 aliphatic heterocycles. The van der Waals surface area contributed by atoms with E-state index in [4.69, 9.17) is 9.84 Å². The van der Waals surface area contributed by atoms with Crippen LogP contribution in [0.2, 0.25) is 0 Å². The lowest BCUT2D eigenvalue weighted by molar-refractivity contribution is -0.139. The molecule has 7 heteroatoms. The quantitative estimate of drug-likeness (QED) is 0.790. The highest BCUT2D eigenvalue weighted by molar-refractivity contribution is 8.18. The second-order valence-corrected chi connectivity index (χ2v) is 6.52. The highest BCUT2D eigenvalue weighted by Crippen LogP contribution is 2.31. The number of thioether (sulfide) groups is 1. The van der Waals surface area contributed by atoms with Gasteiger partial charge in [0, 0.05) is 5.56 Å². The predicted octanol–water partition coefficient (Wildman–Crippen LogP) is 3.35. The molecule has 132 valence electrons. The standard InChI is InChI=1S/C19H16N2O4S/c1-12-6-2-4-8-14(12)20-19-21-18(24)16(26-19)10-13-7-3-5-9-15(13)25-11-17(22)23/h2-10H,11H2,1H3,(H,22,23)(H,20,21,24). The molecule has 0 radical (unpaired) electrons. The van der Waals surface area contributed by atoms with E-state index in [1.165, 1.54) is 11.8 Å². The number of ether oxygens (including phenoxy) is 1. The summed E-state index contributed by atoms with van der Waals surface area (Å²) in [7, 11) is 0. The smallest absolute Gasteiger partial charge is 0.341 e. The fourth-order valence-electron chi connectivity index (χ4n) is 2.29. The third-order valence-corrected chi connectivity index (χ3v) is 4.45. The summed E-state index contributed by atoms with van der Waals surface area (Å²) in [4.78, 5) is 27.9. The van der Waals surface area contributed by atoms with Crippen molar-refractivity contribution < 1.29 is 19.4 Å². The van der Waals surface area contributed by atoms with E-state index in [2.05, 4.69) is 10.3 Å². The number of para-hydroxylation sites is 2. The van der Waals surface area contributed by atoms with Crippen molar-refractivity contribution in [2.75, 3.05) is 6.61 Å². The average molecular weight is 368 g/mol. The summed E-state index contributed by atoms with van der Waals surface area (Å²) >= 11 is 1.23. The van der Waals surface area contributed by atoms with E-state index in [1.54, 1.807) is 30.3 Å². The third-order valence-electron chi connectivity index (χ3n) is 3.55. The van der Waals surface area contributed by atoms with Crippen LogP contribution in [0, 0.1) is 6.92 Å². The van der Waals surface area contributed by atoms with Crippen LogP contribution in [0.3, 0.4) is 0 Å². The third kappa shape index (κ3) is 4.31. The lowest BCUT2D eigenvalue weighted by atomic mass is 10.2. The highest BCUT2D eigenvalue weighted by Gasteiger charge is 2.24. The fourth-order valence-corrected chi connectivity index (χ4v) is 3.12. The molecule has 3 rings (SSSR count). The van der Waals surface area contributed by atoms with Crippen LogP contribution < -0.4 is 10.1 Å². The van der Waals surface area contributed by atoms with Crippen LogP contribution in [-0.4, -0.2) is 28.8 Å². The first kappa shape index (κ1) is 17.8. The minimum Gasteiger partial charge on any atom is -0.481 e. The van der Waals surface area contributed by atoms with Crippen molar-refractivity contribution in [3.05, 3.63) is 64.6 Å². The molecule has 0 aliphatic carbocycles. The highest BCUT2D eigenvalue weighted by atomic mass is 32.2. The van der Waals surface area contributed by atoms with E-state index in [1.807, 2.05) is 31.2 Å². The molecule has 0 bridgehead atoms. The topological polar surface area (TPSA) is 88.0 Å². The molecule has 1 amide bonds. The monoisotopic (exact) mass is 368 g/mol. The van der Waals surface area contributed by atoms with Crippen molar-refractivity contribution >= 4 is 40.6 Å². The molecule has 1 fully saturated rings. The van der Waals surface area contributed by atoms with Gasteiger partial charge in [-0.3, -0.25) is 4.79 Å². The largest absolute Gasteiger partial charge is 0.481 e. The van der Waals surface area contributed by atoms with Gasteiger partial charge in [-0.2, -0.15) is 0 Å². The Labute approximate surface area is 154 Å². The number of carboxylic acid groups (broad SMARTS) is 1. The van der Waals surface area contributed by atoms with Crippen molar-refractivity contribution in [3.8, 4) is 5.75 Å². The van der Waals surface area contributed by atoms with Crippen molar-refractivity contribution in [1.82, 2.24) is 5.32 Å². The number of nitrogens with one attached hydrogen (secondary N) is 1. The number of aryl methyl sites for hydroxylation is 1. The molecule has 0 aromatic heterocycles. The number of benzene rings is 2. The van der Waals surface area contributed by atoms with E-state index >= 15 is 0 Å². The van der Waals surface area contributed by atoms with Gasteiger partial charge >= 0.3 is 5.97 Å². The lowest BCUT2D eigenvalue weighted by Gasteiger charge is -2.06. The summed E-state index contributed by atoms with van der Waals surface area (Å²) in [6.45, 7) is 1.51. The SMILES string of the molecule is Cc1ccccc1N=C1NC(=O)C(=Cc2ccccc2OCC(=O)O)S1. The number of carboxylic acids is 1. The maximum absolute atomic E-state index is 12.2. The number of nitrogens with zero attached hydrogens (tertiary/aromatic N) is 1. The Kier molecular flexibility index (Phi) is 5.38. The molecule has 1 saturated heterocycles. The Morgan fingerprint density at radius 2 is 1.96 bits per heavy atom. The minimum atomic E-state index is -1.06. The Hall–Kier alpha value is -3.06. The van der Waals surface area contributed by atoms with Gasteiger partial charge in [-0.25, -0.2) is 9.79 Å². The summed E-state index contributed by atoms with van der Waals surface area (Å²) in [6, 6.07) is 14.6.